The molecule has 84 valence electrons. The van der Waals surface area contributed by atoms with E-state index in [1.807, 2.05) is 0 Å². The second-order valence-electron chi connectivity index (χ2n) is 4.42. The van der Waals surface area contributed by atoms with E-state index < -0.39 is 0 Å². The number of fused-ring (bicyclic) bond motifs is 2. The Morgan fingerprint density at radius 1 is 0.706 bits per heavy atom. The van der Waals surface area contributed by atoms with Crippen molar-refractivity contribution >= 4 is 33.3 Å². The number of thioether (sulfide) groups is 1. The third-order valence-electron chi connectivity index (χ3n) is 3.16. The first kappa shape index (κ1) is 10.7. The van der Waals surface area contributed by atoms with Crippen LogP contribution >= 0.6 is 11.8 Å². The summed E-state index contributed by atoms with van der Waals surface area (Å²) in [6.07, 6.45) is 2.12. The minimum Gasteiger partial charge on any atom is -0.130 e. The molecular weight excluding hydrogens is 224 g/mol. The third kappa shape index (κ3) is 1.91. The van der Waals surface area contributed by atoms with Gasteiger partial charge in [-0.15, -0.1) is 11.8 Å². The summed E-state index contributed by atoms with van der Waals surface area (Å²) in [5.74, 6) is 0. The van der Waals surface area contributed by atoms with E-state index >= 15 is 0 Å². The first-order chi connectivity index (χ1) is 8.26. The Labute approximate surface area is 106 Å². The lowest BCUT2D eigenvalue weighted by Crippen LogP contribution is -1.79. The van der Waals surface area contributed by atoms with Gasteiger partial charge in [-0.2, -0.15) is 0 Å². The molecule has 0 atom stereocenters. The largest absolute Gasteiger partial charge is 0.130 e. The predicted octanol–water partition coefficient (Wildman–Crippen LogP) is 5.02. The summed E-state index contributed by atoms with van der Waals surface area (Å²) in [5.41, 5.74) is 1.32. The summed E-state index contributed by atoms with van der Waals surface area (Å²) >= 11 is 1.79. The molecular formula is C16H14S. The highest BCUT2D eigenvalue weighted by Gasteiger charge is 1.99. The molecule has 3 aromatic rings. The van der Waals surface area contributed by atoms with Gasteiger partial charge in [0.15, 0.2) is 0 Å². The van der Waals surface area contributed by atoms with Crippen molar-refractivity contribution in [3.8, 4) is 0 Å². The van der Waals surface area contributed by atoms with Gasteiger partial charge in [-0.3, -0.25) is 0 Å². The maximum Gasteiger partial charge on any atom is 0.00755 e. The van der Waals surface area contributed by atoms with Gasteiger partial charge in [-0.1, -0.05) is 29.8 Å². The molecule has 3 aromatic carbocycles. The Kier molecular flexibility index (Phi) is 2.56. The molecule has 1 heteroatoms. The van der Waals surface area contributed by atoms with Crippen molar-refractivity contribution in [1.82, 2.24) is 0 Å². The van der Waals surface area contributed by atoms with Gasteiger partial charge in [0.1, 0.15) is 0 Å². The molecule has 0 nitrogen and oxygen atoms in total. The van der Waals surface area contributed by atoms with Gasteiger partial charge in [-0.05, 0) is 59.0 Å². The van der Waals surface area contributed by atoms with Crippen molar-refractivity contribution in [3.63, 3.8) is 0 Å². The summed E-state index contributed by atoms with van der Waals surface area (Å²) in [4.78, 5) is 1.32. The lowest BCUT2D eigenvalue weighted by Gasteiger charge is -2.05. The molecule has 0 spiro atoms. The van der Waals surface area contributed by atoms with Crippen molar-refractivity contribution in [2.45, 2.75) is 11.8 Å². The Bertz CT molecular complexity index is 698. The van der Waals surface area contributed by atoms with Gasteiger partial charge < -0.3 is 0 Å². The molecule has 0 aliphatic rings. The monoisotopic (exact) mass is 238 g/mol. The fourth-order valence-corrected chi connectivity index (χ4v) is 2.67. The van der Waals surface area contributed by atoms with E-state index in [0.717, 1.165) is 0 Å². The van der Waals surface area contributed by atoms with Crippen molar-refractivity contribution in [2.75, 3.05) is 6.26 Å². The Morgan fingerprint density at radius 2 is 1.35 bits per heavy atom. The van der Waals surface area contributed by atoms with Crippen LogP contribution in [0.25, 0.3) is 21.5 Å². The predicted molar refractivity (Wildman–Crippen MR) is 78.0 cm³/mol. The fourth-order valence-electron chi connectivity index (χ4n) is 2.22. The third-order valence-corrected chi connectivity index (χ3v) is 3.88. The number of hydrogen-bond donors (Lipinski definition) is 0. The Hall–Kier alpha value is -1.47. The van der Waals surface area contributed by atoms with Gasteiger partial charge in [0.25, 0.3) is 0 Å². The number of hydrogen-bond acceptors (Lipinski definition) is 1. The van der Waals surface area contributed by atoms with Crippen LogP contribution < -0.4 is 0 Å². The molecule has 0 radical (unpaired) electrons. The SMILES string of the molecule is CSc1ccc2cc3cc(C)ccc3cc2c1. The van der Waals surface area contributed by atoms with Crippen LogP contribution in [0.2, 0.25) is 0 Å². The molecule has 0 saturated heterocycles. The maximum atomic E-state index is 2.28. The molecule has 0 bridgehead atoms. The van der Waals surface area contributed by atoms with Crippen molar-refractivity contribution in [1.29, 1.82) is 0 Å². The molecule has 0 amide bonds. The molecule has 0 fully saturated rings. The van der Waals surface area contributed by atoms with Crippen LogP contribution in [-0.2, 0) is 0 Å². The summed E-state index contributed by atoms with van der Waals surface area (Å²) < 4.78 is 0. The average Bonchev–Trinajstić information content (AvgIpc) is 2.35. The van der Waals surface area contributed by atoms with Crippen LogP contribution in [0.5, 0.6) is 0 Å². The van der Waals surface area contributed by atoms with Crippen LogP contribution in [0.4, 0.5) is 0 Å². The van der Waals surface area contributed by atoms with E-state index in [1.165, 1.54) is 32.0 Å². The molecule has 0 saturated carbocycles. The highest BCUT2D eigenvalue weighted by Crippen LogP contribution is 2.27. The molecule has 0 unspecified atom stereocenters. The molecule has 0 aromatic heterocycles. The molecule has 0 aliphatic heterocycles. The van der Waals surface area contributed by atoms with Crippen LogP contribution in [0.3, 0.4) is 0 Å². The van der Waals surface area contributed by atoms with Crippen LogP contribution in [0.15, 0.2) is 53.4 Å². The van der Waals surface area contributed by atoms with E-state index in [4.69, 9.17) is 0 Å². The van der Waals surface area contributed by atoms with Crippen LogP contribution in [-0.4, -0.2) is 6.26 Å². The highest BCUT2D eigenvalue weighted by atomic mass is 32.2. The smallest absolute Gasteiger partial charge is 0.00755 e. The normalized spacial score (nSPS) is 11.2. The van der Waals surface area contributed by atoms with Gasteiger partial charge in [-0.25, -0.2) is 0 Å². The molecule has 0 N–H and O–H groups in total. The van der Waals surface area contributed by atoms with Gasteiger partial charge in [0, 0.05) is 4.90 Å². The zero-order valence-corrected chi connectivity index (χ0v) is 10.8. The summed E-state index contributed by atoms with van der Waals surface area (Å²) in [5, 5.41) is 5.30. The Balaban J connectivity index is 2.35. The standard InChI is InChI=1S/C16H14S/c1-11-3-4-12-9-15-10-16(17-2)6-5-13(15)8-14(12)7-11/h3-10H,1-2H3. The lowest BCUT2D eigenvalue weighted by atomic mass is 10.0. The van der Waals surface area contributed by atoms with Crippen molar-refractivity contribution in [3.05, 3.63) is 54.1 Å². The van der Waals surface area contributed by atoms with Gasteiger partial charge >= 0.3 is 0 Å². The molecule has 3 rings (SSSR count). The first-order valence-corrected chi connectivity index (χ1v) is 6.97. The summed E-state index contributed by atoms with van der Waals surface area (Å²) in [6.45, 7) is 2.14. The van der Waals surface area contributed by atoms with E-state index in [0.29, 0.717) is 0 Å². The zero-order chi connectivity index (χ0) is 11.8. The first-order valence-electron chi connectivity index (χ1n) is 5.74. The summed E-state index contributed by atoms with van der Waals surface area (Å²) in [7, 11) is 0. The molecule has 17 heavy (non-hydrogen) atoms. The Morgan fingerprint density at radius 3 is 2.06 bits per heavy atom. The van der Waals surface area contributed by atoms with E-state index in [9.17, 15) is 0 Å². The van der Waals surface area contributed by atoms with Crippen molar-refractivity contribution in [2.24, 2.45) is 0 Å². The highest BCUT2D eigenvalue weighted by molar-refractivity contribution is 7.98. The lowest BCUT2D eigenvalue weighted by molar-refractivity contribution is 1.50. The van der Waals surface area contributed by atoms with Crippen molar-refractivity contribution < 1.29 is 0 Å². The average molecular weight is 238 g/mol. The fraction of sp³-hybridized carbons (Fsp3) is 0.125. The second kappa shape index (κ2) is 4.08. The van der Waals surface area contributed by atoms with Crippen LogP contribution in [0.1, 0.15) is 5.56 Å². The van der Waals surface area contributed by atoms with E-state index in [2.05, 4.69) is 61.7 Å². The minimum absolute atomic E-state index is 1.32. The minimum atomic E-state index is 1.32. The molecule has 0 heterocycles. The zero-order valence-electron chi connectivity index (χ0n) is 10.0. The quantitative estimate of drug-likeness (QED) is 0.423. The van der Waals surface area contributed by atoms with Gasteiger partial charge in [0.05, 0.1) is 0 Å². The molecule has 0 aliphatic carbocycles. The number of benzene rings is 3. The van der Waals surface area contributed by atoms with Crippen LogP contribution in [0, 0.1) is 6.92 Å². The van der Waals surface area contributed by atoms with Gasteiger partial charge in [0.2, 0.25) is 0 Å². The maximum absolute atomic E-state index is 2.28. The topological polar surface area (TPSA) is 0 Å². The van der Waals surface area contributed by atoms with E-state index in [-0.39, 0.29) is 0 Å². The number of aryl methyl sites for hydroxylation is 1. The summed E-state index contributed by atoms with van der Waals surface area (Å²) in [6, 6.07) is 17.8. The van der Waals surface area contributed by atoms with E-state index in [1.54, 1.807) is 11.8 Å². The number of rotatable bonds is 1. The second-order valence-corrected chi connectivity index (χ2v) is 5.30.